The van der Waals surface area contributed by atoms with Crippen molar-refractivity contribution >= 4 is 10.0 Å². The molecule has 0 amide bonds. The molecule has 114 valence electrons. The summed E-state index contributed by atoms with van der Waals surface area (Å²) in [5.41, 5.74) is 1.23. The van der Waals surface area contributed by atoms with Crippen molar-refractivity contribution < 1.29 is 8.42 Å². The number of sulfonamides is 1. The molecule has 0 spiro atoms. The third-order valence-electron chi connectivity index (χ3n) is 6.63. The number of rotatable bonds is 2. The zero-order valence-corrected chi connectivity index (χ0v) is 13.9. The average Bonchev–Trinajstić information content (AvgIpc) is 3.05. The fourth-order valence-electron chi connectivity index (χ4n) is 5.09. The van der Waals surface area contributed by atoms with Gasteiger partial charge in [-0.2, -0.15) is 4.31 Å². The van der Waals surface area contributed by atoms with E-state index in [4.69, 9.17) is 0 Å². The number of nitrogens with zero attached hydrogens (tertiary/aromatic N) is 1. The molecule has 4 aliphatic rings. The van der Waals surface area contributed by atoms with Crippen LogP contribution in [0.25, 0.3) is 0 Å². The van der Waals surface area contributed by atoms with Crippen molar-refractivity contribution in [2.75, 3.05) is 0 Å². The lowest BCUT2D eigenvalue weighted by molar-refractivity contribution is -0.0728. The highest BCUT2D eigenvalue weighted by Crippen LogP contribution is 2.72. The Morgan fingerprint density at radius 3 is 2.24 bits per heavy atom. The van der Waals surface area contributed by atoms with Crippen LogP contribution in [0.15, 0.2) is 29.2 Å². The molecule has 0 N–H and O–H groups in total. The maximum absolute atomic E-state index is 13.0. The molecule has 0 aromatic heterocycles. The van der Waals surface area contributed by atoms with Gasteiger partial charge < -0.3 is 0 Å². The molecule has 3 aliphatic carbocycles. The molecule has 1 heterocycles. The topological polar surface area (TPSA) is 37.1 Å². The van der Waals surface area contributed by atoms with E-state index >= 15 is 0 Å². The standard InChI is InChI=1S/C17H23NO2S/c1-11-5-7-13(8-6-11)21(19,20)18-15-10-12-9-14(16(12,2)3)17(15,18)4/h5-8,12,14-15H,9-10H2,1-4H3. The molecule has 4 heteroatoms. The Hall–Kier alpha value is -0.870. The molecule has 1 aliphatic heterocycles. The van der Waals surface area contributed by atoms with Crippen molar-refractivity contribution in [3.05, 3.63) is 29.8 Å². The summed E-state index contributed by atoms with van der Waals surface area (Å²) in [4.78, 5) is 0.443. The fourth-order valence-corrected chi connectivity index (χ4v) is 7.15. The molecular weight excluding hydrogens is 282 g/mol. The normalized spacial score (nSPS) is 42.9. The molecule has 5 unspecified atom stereocenters. The SMILES string of the molecule is Cc1ccc(S(=O)(=O)N2C3CC4CC(C4(C)C)C32C)cc1. The minimum absolute atomic E-state index is 0.151. The van der Waals surface area contributed by atoms with E-state index in [-0.39, 0.29) is 11.6 Å². The van der Waals surface area contributed by atoms with Crippen molar-refractivity contribution in [1.82, 2.24) is 4.31 Å². The summed E-state index contributed by atoms with van der Waals surface area (Å²) in [6.45, 7) is 8.75. The summed E-state index contributed by atoms with van der Waals surface area (Å²) in [5, 5.41) is 0. The molecule has 4 fully saturated rings. The molecule has 1 aromatic rings. The fraction of sp³-hybridized carbons (Fsp3) is 0.647. The van der Waals surface area contributed by atoms with E-state index < -0.39 is 10.0 Å². The highest BCUT2D eigenvalue weighted by atomic mass is 32.2. The van der Waals surface area contributed by atoms with Crippen LogP contribution in [-0.4, -0.2) is 24.3 Å². The van der Waals surface area contributed by atoms with E-state index in [9.17, 15) is 8.42 Å². The van der Waals surface area contributed by atoms with E-state index in [1.54, 1.807) is 12.1 Å². The Balaban J connectivity index is 1.72. The van der Waals surface area contributed by atoms with Gasteiger partial charge in [0.15, 0.2) is 0 Å². The lowest BCUT2D eigenvalue weighted by Gasteiger charge is -2.58. The lowest BCUT2D eigenvalue weighted by atomic mass is 9.46. The van der Waals surface area contributed by atoms with Crippen LogP contribution in [0.2, 0.25) is 0 Å². The van der Waals surface area contributed by atoms with Crippen molar-refractivity contribution in [2.45, 2.75) is 57.0 Å². The number of hydrogen-bond acceptors (Lipinski definition) is 2. The molecule has 1 aromatic carbocycles. The average molecular weight is 305 g/mol. The van der Waals surface area contributed by atoms with Gasteiger partial charge in [-0.25, -0.2) is 8.42 Å². The zero-order chi connectivity index (χ0) is 15.2. The summed E-state index contributed by atoms with van der Waals surface area (Å²) in [7, 11) is -3.35. The Kier molecular flexibility index (Phi) is 2.44. The van der Waals surface area contributed by atoms with Crippen LogP contribution in [0.3, 0.4) is 0 Å². The molecule has 3 saturated carbocycles. The minimum atomic E-state index is -3.35. The first-order valence-corrected chi connectivity index (χ1v) is 9.25. The quantitative estimate of drug-likeness (QED) is 0.787. The van der Waals surface area contributed by atoms with Gasteiger partial charge in [0.2, 0.25) is 10.0 Å². The predicted molar refractivity (Wildman–Crippen MR) is 82.4 cm³/mol. The van der Waals surface area contributed by atoms with Gasteiger partial charge >= 0.3 is 0 Å². The van der Waals surface area contributed by atoms with Crippen molar-refractivity contribution in [3.8, 4) is 0 Å². The van der Waals surface area contributed by atoms with Crippen LogP contribution >= 0.6 is 0 Å². The Morgan fingerprint density at radius 2 is 1.71 bits per heavy atom. The Morgan fingerprint density at radius 1 is 1.10 bits per heavy atom. The van der Waals surface area contributed by atoms with Gasteiger partial charge in [0.05, 0.1) is 10.4 Å². The van der Waals surface area contributed by atoms with Crippen LogP contribution in [0.5, 0.6) is 0 Å². The number of benzene rings is 1. The molecule has 2 bridgehead atoms. The first kappa shape index (κ1) is 13.8. The van der Waals surface area contributed by atoms with E-state index in [1.165, 1.54) is 6.42 Å². The van der Waals surface area contributed by atoms with Gasteiger partial charge in [0, 0.05) is 6.04 Å². The second-order valence-corrected chi connectivity index (χ2v) is 9.71. The highest BCUT2D eigenvalue weighted by Gasteiger charge is 2.78. The van der Waals surface area contributed by atoms with Crippen LogP contribution < -0.4 is 0 Å². The van der Waals surface area contributed by atoms with Crippen LogP contribution in [0.1, 0.15) is 39.2 Å². The minimum Gasteiger partial charge on any atom is -0.207 e. The summed E-state index contributed by atoms with van der Waals surface area (Å²) in [6.07, 6.45) is 2.23. The second kappa shape index (κ2) is 3.72. The van der Waals surface area contributed by atoms with E-state index in [0.717, 1.165) is 12.0 Å². The van der Waals surface area contributed by atoms with Crippen LogP contribution in [-0.2, 0) is 10.0 Å². The zero-order valence-electron chi connectivity index (χ0n) is 13.1. The first-order valence-electron chi connectivity index (χ1n) is 7.81. The maximum Gasteiger partial charge on any atom is 0.243 e. The third kappa shape index (κ3) is 1.50. The Labute approximate surface area is 127 Å². The Bertz CT molecular complexity index is 707. The molecule has 1 saturated heterocycles. The summed E-state index contributed by atoms with van der Waals surface area (Å²) < 4.78 is 27.8. The molecule has 5 rings (SSSR count). The molecule has 5 atom stereocenters. The highest BCUT2D eigenvalue weighted by molar-refractivity contribution is 7.89. The maximum atomic E-state index is 13.0. The first-order chi connectivity index (χ1) is 9.70. The molecule has 21 heavy (non-hydrogen) atoms. The van der Waals surface area contributed by atoms with Gasteiger partial charge in [-0.1, -0.05) is 31.5 Å². The van der Waals surface area contributed by atoms with Crippen LogP contribution in [0.4, 0.5) is 0 Å². The van der Waals surface area contributed by atoms with Crippen LogP contribution in [0, 0.1) is 24.2 Å². The molecule has 0 radical (unpaired) electrons. The number of aryl methyl sites for hydroxylation is 1. The van der Waals surface area contributed by atoms with Gasteiger partial charge in [-0.05, 0) is 56.1 Å². The van der Waals surface area contributed by atoms with Gasteiger partial charge in [-0.15, -0.1) is 0 Å². The summed E-state index contributed by atoms with van der Waals surface area (Å²) in [5.74, 6) is 1.20. The molecule has 3 nitrogen and oxygen atoms in total. The van der Waals surface area contributed by atoms with E-state index in [2.05, 4.69) is 20.8 Å². The van der Waals surface area contributed by atoms with Gasteiger partial charge in [-0.3, -0.25) is 0 Å². The van der Waals surface area contributed by atoms with Crippen molar-refractivity contribution in [3.63, 3.8) is 0 Å². The van der Waals surface area contributed by atoms with Gasteiger partial charge in [0.1, 0.15) is 0 Å². The summed E-state index contributed by atoms with van der Waals surface area (Å²) >= 11 is 0. The van der Waals surface area contributed by atoms with Crippen molar-refractivity contribution in [1.29, 1.82) is 0 Å². The summed E-state index contributed by atoms with van der Waals surface area (Å²) in [6, 6.07) is 7.47. The monoisotopic (exact) mass is 305 g/mol. The second-order valence-electron chi connectivity index (χ2n) is 7.90. The number of hydrogen-bond donors (Lipinski definition) is 0. The molecular formula is C17H23NO2S. The van der Waals surface area contributed by atoms with Gasteiger partial charge in [0.25, 0.3) is 0 Å². The lowest BCUT2D eigenvalue weighted by Crippen LogP contribution is -2.56. The van der Waals surface area contributed by atoms with Crippen molar-refractivity contribution in [2.24, 2.45) is 17.3 Å². The largest absolute Gasteiger partial charge is 0.243 e. The van der Waals surface area contributed by atoms with E-state index in [1.807, 2.05) is 23.4 Å². The third-order valence-corrected chi connectivity index (χ3v) is 8.66. The predicted octanol–water partition coefficient (Wildman–Crippen LogP) is 3.19. The van der Waals surface area contributed by atoms with E-state index in [0.29, 0.717) is 22.1 Å². The smallest absolute Gasteiger partial charge is 0.207 e.